The minimum absolute atomic E-state index is 0. The third-order valence-corrected chi connectivity index (χ3v) is 4.51. The van der Waals surface area contributed by atoms with E-state index in [9.17, 15) is 24.0 Å². The first-order valence-corrected chi connectivity index (χ1v) is 9.36. The average molecular weight is 652 g/mol. The van der Waals surface area contributed by atoms with Crippen LogP contribution in [0.5, 0.6) is 0 Å². The molecule has 0 spiro atoms. The van der Waals surface area contributed by atoms with Gasteiger partial charge in [-0.2, -0.15) is 0 Å². The van der Waals surface area contributed by atoms with Gasteiger partial charge in [0.25, 0.3) is 17.8 Å². The molecule has 0 bridgehead atoms. The summed E-state index contributed by atoms with van der Waals surface area (Å²) in [6.07, 6.45) is 5.91. The quantitative estimate of drug-likeness (QED) is 0.153. The van der Waals surface area contributed by atoms with Gasteiger partial charge in [-0.15, -0.1) is 0 Å². The Labute approximate surface area is 208 Å². The van der Waals surface area contributed by atoms with E-state index < -0.39 is 17.5 Å². The Kier molecular flexibility index (Phi) is 21.5. The molecule has 33 heavy (non-hydrogen) atoms. The summed E-state index contributed by atoms with van der Waals surface area (Å²) in [5.74, 6) is -1.90. The normalized spacial score (nSPS) is 14.3. The van der Waals surface area contributed by atoms with Crippen molar-refractivity contribution in [1.29, 1.82) is 0 Å². The van der Waals surface area contributed by atoms with Crippen molar-refractivity contribution >= 4 is 35.4 Å². The summed E-state index contributed by atoms with van der Waals surface area (Å²) >= 11 is 0. The Morgan fingerprint density at radius 1 is 0.970 bits per heavy atom. The number of nitrogens with two attached hydrogens (primary N) is 2. The summed E-state index contributed by atoms with van der Waals surface area (Å²) < 4.78 is 0. The number of nitrogens with one attached hydrogen (secondary N) is 1. The summed E-state index contributed by atoms with van der Waals surface area (Å²) in [7, 11) is 0. The van der Waals surface area contributed by atoms with Crippen molar-refractivity contribution in [1.82, 2.24) is 10.2 Å². The summed E-state index contributed by atoms with van der Waals surface area (Å²) in [5, 5.41) is 18.0. The number of hydrogen-bond donors (Lipinski definition) is 3. The molecule has 0 aromatic carbocycles. The second kappa shape index (κ2) is 18.8. The fourth-order valence-electron chi connectivity index (χ4n) is 2.66. The largest absolute Gasteiger partial charge is 4.00 e. The molecule has 3 amide bonds. The number of nitrogens with zero attached hydrogens (tertiary/aromatic N) is 1. The van der Waals surface area contributed by atoms with Crippen molar-refractivity contribution < 1.29 is 60.0 Å². The third-order valence-electron chi connectivity index (χ3n) is 4.51. The molecule has 1 aliphatic carbocycles. The number of carboxylic acid groups (broad SMARTS) is 2. The maximum Gasteiger partial charge on any atom is 4.00 e. The van der Waals surface area contributed by atoms with Crippen LogP contribution in [-0.4, -0.2) is 63.6 Å². The van der Waals surface area contributed by atoms with Gasteiger partial charge in [0.15, 0.2) is 0 Å². The van der Waals surface area contributed by atoms with Crippen LogP contribution in [0.4, 0.5) is 4.79 Å². The van der Waals surface area contributed by atoms with Crippen LogP contribution in [0.1, 0.15) is 45.4 Å². The topological polar surface area (TPSA) is 225 Å². The number of carboxylic acids is 1. The predicted octanol–water partition coefficient (Wildman–Crippen LogP) is 2.83. The second-order valence-corrected chi connectivity index (χ2v) is 6.76. The van der Waals surface area contributed by atoms with Crippen LogP contribution < -0.4 is 5.32 Å². The smallest absolute Gasteiger partial charge is 0.693 e. The molecule has 1 fully saturated rings. The van der Waals surface area contributed by atoms with Gasteiger partial charge in [-0.05, 0) is 32.1 Å². The molecule has 2 rings (SSSR count). The zero-order chi connectivity index (χ0) is 23.3. The zero-order valence-corrected chi connectivity index (χ0v) is 20.8. The fraction of sp³-hybridized carbons (Fsp3) is 0.500. The Morgan fingerprint density at radius 3 is 1.67 bits per heavy atom. The molecule has 2 aliphatic rings. The summed E-state index contributed by atoms with van der Waals surface area (Å²) in [4.78, 5) is 64.2. The van der Waals surface area contributed by atoms with Crippen LogP contribution in [0.15, 0.2) is 12.2 Å². The van der Waals surface area contributed by atoms with Gasteiger partial charge < -0.3 is 51.3 Å². The van der Waals surface area contributed by atoms with Crippen LogP contribution >= 0.6 is 0 Å². The molecule has 1 saturated carbocycles. The van der Waals surface area contributed by atoms with E-state index in [4.69, 9.17) is 15.0 Å². The number of hydrogen-bond acceptors (Lipinski definition) is 6. The monoisotopic (exact) mass is 651 g/mol. The molecule has 0 unspecified atom stereocenters. The molecule has 0 aromatic rings. The Morgan fingerprint density at radius 2 is 1.39 bits per heavy atom. The van der Waals surface area contributed by atoms with Gasteiger partial charge in [-0.1, -0.05) is 6.42 Å². The van der Waals surface area contributed by atoms with Crippen molar-refractivity contribution in [2.24, 2.45) is 5.41 Å². The molecule has 12 nitrogen and oxygen atoms in total. The maximum atomic E-state index is 11.1. The summed E-state index contributed by atoms with van der Waals surface area (Å²) in [6.45, 7) is 8.39. The molecule has 0 radical (unpaired) electrons. The molecule has 0 aromatic heterocycles. The molecule has 13 heteroatoms. The van der Waals surface area contributed by atoms with E-state index in [1.807, 2.05) is 0 Å². The van der Waals surface area contributed by atoms with Gasteiger partial charge in [0.2, 0.25) is 0 Å². The Hall–Kier alpha value is -2.69. The van der Waals surface area contributed by atoms with E-state index in [2.05, 4.69) is 19.2 Å². The molecular weight excluding hydrogens is 619 g/mol. The molecule has 7 N–H and O–H groups in total. The number of ketones is 2. The van der Waals surface area contributed by atoms with E-state index in [1.165, 1.54) is 17.1 Å². The van der Waals surface area contributed by atoms with Gasteiger partial charge in [-0.3, -0.25) is 19.3 Å². The van der Waals surface area contributed by atoms with Crippen molar-refractivity contribution in [3.63, 3.8) is 0 Å². The number of rotatable bonds is 8. The van der Waals surface area contributed by atoms with Gasteiger partial charge in [0.05, 0.1) is 0 Å². The van der Waals surface area contributed by atoms with Crippen molar-refractivity contribution in [3.8, 4) is 0 Å². The Bertz CT molecular complexity index is 670. The average Bonchev–Trinajstić information content (AvgIpc) is 2.87. The first-order chi connectivity index (χ1) is 13.9. The van der Waals surface area contributed by atoms with E-state index in [-0.39, 0.29) is 56.7 Å². The van der Waals surface area contributed by atoms with Crippen molar-refractivity contribution in [2.45, 2.75) is 45.4 Å². The number of unbranched alkanes of at least 4 members (excludes halogenated alkanes) is 2. The Balaban J connectivity index is -0.000000215. The SMILES string of the molecule is CC(=O)O.O=C(O)NCCCCCN1C(=O)C=CC1=O.[CH2-]C(=O)C1(C([CH2-])=O)CCC1.[NH2-].[NH2-].[Pt+4]. The fourth-order valence-corrected chi connectivity index (χ4v) is 2.66. The molecule has 0 atom stereocenters. The van der Waals surface area contributed by atoms with Gasteiger partial charge in [0.1, 0.15) is 0 Å². The first-order valence-electron chi connectivity index (χ1n) is 9.36. The van der Waals surface area contributed by atoms with Gasteiger partial charge in [-0.25, -0.2) is 4.79 Å². The van der Waals surface area contributed by atoms with Crippen molar-refractivity contribution in [2.75, 3.05) is 13.1 Å². The van der Waals surface area contributed by atoms with E-state index in [0.717, 1.165) is 19.8 Å². The summed E-state index contributed by atoms with van der Waals surface area (Å²) in [5.41, 5.74) is -0.778. The van der Waals surface area contributed by atoms with Crippen LogP contribution in [0, 0.1) is 19.3 Å². The molecule has 1 aliphatic heterocycles. The van der Waals surface area contributed by atoms with E-state index in [0.29, 0.717) is 38.8 Å². The first kappa shape index (κ1) is 37.6. The zero-order valence-electron chi connectivity index (χ0n) is 18.5. The predicted molar refractivity (Wildman–Crippen MR) is 117 cm³/mol. The number of carbonyl (C=O) groups excluding carboxylic acids is 4. The standard InChI is InChI=1S/C10H14N2O4.C8H10O2.C2H4O2.2H2N.Pt/c13-8-4-5-9(14)12(8)7-3-1-2-6-11-10(15)16;1-6(9)8(7(2)10)4-3-5-8;1-2(3)4;;;/h4-5,11H,1-3,6-7H2,(H,15,16);1-5H2;1H3,(H,3,4);2*1H2;/q;-2;;2*-1;+4. The minimum Gasteiger partial charge on any atom is -0.693 e. The number of Topliss-reactive ketones (excluding diaryl/α,β-unsaturated/α-hetero) is 2. The second-order valence-electron chi connectivity index (χ2n) is 6.76. The van der Waals surface area contributed by atoms with E-state index >= 15 is 0 Å². The number of amides is 3. The molecule has 0 saturated heterocycles. The van der Waals surface area contributed by atoms with Crippen LogP contribution in [0.3, 0.4) is 0 Å². The van der Waals surface area contributed by atoms with Crippen LogP contribution in [0.2, 0.25) is 0 Å². The van der Waals surface area contributed by atoms with Gasteiger partial charge >= 0.3 is 27.2 Å². The van der Waals surface area contributed by atoms with Gasteiger partial charge in [0, 0.05) is 49.1 Å². The molecule has 190 valence electrons. The molecule has 1 heterocycles. The summed E-state index contributed by atoms with van der Waals surface area (Å²) in [6, 6.07) is 0. The van der Waals surface area contributed by atoms with E-state index in [1.54, 1.807) is 0 Å². The van der Waals surface area contributed by atoms with Crippen LogP contribution in [0.25, 0.3) is 12.3 Å². The number of aliphatic carboxylic acids is 1. The third kappa shape index (κ3) is 14.1. The van der Waals surface area contributed by atoms with Crippen molar-refractivity contribution in [3.05, 3.63) is 38.3 Å². The maximum absolute atomic E-state index is 11.1. The number of imide groups is 1. The van der Waals surface area contributed by atoms with Crippen LogP contribution in [-0.2, 0) is 45.0 Å². The molecular formula is C20H32N4O8Pt. The number of carbonyl (C=O) groups is 6. The minimum atomic E-state index is -1.03.